The van der Waals surface area contributed by atoms with Crippen LogP contribution in [-0.4, -0.2) is 22.1 Å². The highest BCUT2D eigenvalue weighted by molar-refractivity contribution is 4.89. The molecular weight excluding hydrogens is 198 g/mol. The van der Waals surface area contributed by atoms with Crippen molar-refractivity contribution in [2.24, 2.45) is 0 Å². The first-order valence-corrected chi connectivity index (χ1v) is 6.62. The van der Waals surface area contributed by atoms with Crippen LogP contribution in [-0.2, 0) is 0 Å². The largest absolute Gasteiger partial charge is 0.333 e. The molecule has 90 valence electrons. The number of aromatic nitrogens is 2. The number of hydrogen-bond acceptors (Lipinski definition) is 2. The van der Waals surface area contributed by atoms with Crippen molar-refractivity contribution in [3.63, 3.8) is 0 Å². The molecule has 0 saturated heterocycles. The van der Waals surface area contributed by atoms with Gasteiger partial charge < -0.3 is 9.88 Å². The highest BCUT2D eigenvalue weighted by atomic mass is 15.1. The monoisotopic (exact) mass is 221 g/mol. The highest BCUT2D eigenvalue weighted by Gasteiger charge is 2.23. The molecule has 0 aromatic carbocycles. The molecule has 1 heterocycles. The third-order valence-electron chi connectivity index (χ3n) is 3.54. The van der Waals surface area contributed by atoms with E-state index < -0.39 is 0 Å². The summed E-state index contributed by atoms with van der Waals surface area (Å²) in [7, 11) is 0. The van der Waals surface area contributed by atoms with Gasteiger partial charge in [-0.1, -0.05) is 26.2 Å². The van der Waals surface area contributed by atoms with Gasteiger partial charge in [0.05, 0.1) is 6.33 Å². The van der Waals surface area contributed by atoms with Crippen LogP contribution in [0.15, 0.2) is 18.7 Å². The van der Waals surface area contributed by atoms with Crippen molar-refractivity contribution in [1.82, 2.24) is 14.9 Å². The summed E-state index contributed by atoms with van der Waals surface area (Å²) in [4.78, 5) is 4.18. The average molecular weight is 221 g/mol. The lowest BCUT2D eigenvalue weighted by Gasteiger charge is -2.27. The van der Waals surface area contributed by atoms with E-state index in [-0.39, 0.29) is 0 Å². The molecule has 2 unspecified atom stereocenters. The lowest BCUT2D eigenvalue weighted by atomic mass is 10.0. The second-order valence-corrected chi connectivity index (χ2v) is 4.78. The first kappa shape index (κ1) is 11.6. The van der Waals surface area contributed by atoms with E-state index in [2.05, 4.69) is 28.0 Å². The van der Waals surface area contributed by atoms with Crippen LogP contribution in [0.4, 0.5) is 0 Å². The Morgan fingerprint density at radius 2 is 2.19 bits per heavy atom. The van der Waals surface area contributed by atoms with Crippen molar-refractivity contribution in [2.75, 3.05) is 6.54 Å². The van der Waals surface area contributed by atoms with Crippen molar-refractivity contribution in [3.8, 4) is 0 Å². The minimum atomic E-state index is 0.608. The number of rotatable bonds is 4. The standard InChI is InChI=1S/C13H23N3/c1-2-8-15-12-6-4-3-5-7-13(12)16-10-9-14-11-16/h9-13,15H,2-8H2,1H3. The summed E-state index contributed by atoms with van der Waals surface area (Å²) < 4.78 is 2.29. The van der Waals surface area contributed by atoms with Gasteiger partial charge in [0.2, 0.25) is 0 Å². The number of nitrogens with one attached hydrogen (secondary N) is 1. The fraction of sp³-hybridized carbons (Fsp3) is 0.769. The third-order valence-corrected chi connectivity index (χ3v) is 3.54. The summed E-state index contributed by atoms with van der Waals surface area (Å²) in [6.07, 6.45) is 13.9. The van der Waals surface area contributed by atoms with Gasteiger partial charge in [-0.05, 0) is 25.8 Å². The average Bonchev–Trinajstić information content (AvgIpc) is 2.73. The molecule has 1 aromatic heterocycles. The molecule has 0 radical (unpaired) electrons. The molecule has 0 bridgehead atoms. The van der Waals surface area contributed by atoms with Gasteiger partial charge in [0.15, 0.2) is 0 Å². The SMILES string of the molecule is CCCNC1CCCCCC1n1ccnc1. The van der Waals surface area contributed by atoms with E-state index in [1.165, 1.54) is 38.5 Å². The highest BCUT2D eigenvalue weighted by Crippen LogP contribution is 2.27. The zero-order valence-corrected chi connectivity index (χ0v) is 10.2. The Balaban J connectivity index is 2.04. The zero-order valence-electron chi connectivity index (χ0n) is 10.2. The molecule has 1 N–H and O–H groups in total. The molecule has 1 fully saturated rings. The fourth-order valence-corrected chi connectivity index (χ4v) is 2.68. The molecule has 16 heavy (non-hydrogen) atoms. The van der Waals surface area contributed by atoms with Gasteiger partial charge >= 0.3 is 0 Å². The van der Waals surface area contributed by atoms with Gasteiger partial charge in [0, 0.05) is 24.5 Å². The van der Waals surface area contributed by atoms with Crippen LogP contribution in [0.1, 0.15) is 51.5 Å². The smallest absolute Gasteiger partial charge is 0.0949 e. The number of hydrogen-bond donors (Lipinski definition) is 1. The van der Waals surface area contributed by atoms with Crippen LogP contribution < -0.4 is 5.32 Å². The van der Waals surface area contributed by atoms with E-state index in [4.69, 9.17) is 0 Å². The Morgan fingerprint density at radius 1 is 1.31 bits per heavy atom. The normalized spacial score (nSPS) is 26.6. The molecule has 1 saturated carbocycles. The first-order valence-electron chi connectivity index (χ1n) is 6.62. The Bertz CT molecular complexity index is 281. The molecule has 1 aliphatic carbocycles. The maximum atomic E-state index is 4.18. The van der Waals surface area contributed by atoms with Crippen LogP contribution in [0.2, 0.25) is 0 Å². The lowest BCUT2D eigenvalue weighted by molar-refractivity contribution is 0.330. The predicted octanol–water partition coefficient (Wildman–Crippen LogP) is 2.76. The minimum Gasteiger partial charge on any atom is -0.333 e. The number of nitrogens with zero attached hydrogens (tertiary/aromatic N) is 2. The maximum Gasteiger partial charge on any atom is 0.0949 e. The summed E-state index contributed by atoms with van der Waals surface area (Å²) in [5, 5.41) is 3.70. The third kappa shape index (κ3) is 2.85. The van der Waals surface area contributed by atoms with E-state index in [9.17, 15) is 0 Å². The molecule has 2 atom stereocenters. The Kier molecular flexibility index (Phi) is 4.40. The quantitative estimate of drug-likeness (QED) is 0.792. The van der Waals surface area contributed by atoms with Gasteiger partial charge in [-0.2, -0.15) is 0 Å². The van der Waals surface area contributed by atoms with E-state index in [0.717, 1.165) is 6.54 Å². The van der Waals surface area contributed by atoms with Gasteiger partial charge in [0.25, 0.3) is 0 Å². The number of imidazole rings is 1. The summed E-state index contributed by atoms with van der Waals surface area (Å²) in [6.45, 7) is 3.37. The zero-order chi connectivity index (χ0) is 11.2. The summed E-state index contributed by atoms with van der Waals surface area (Å²) in [6, 6.07) is 1.24. The van der Waals surface area contributed by atoms with Gasteiger partial charge in [-0.3, -0.25) is 0 Å². The van der Waals surface area contributed by atoms with Crippen LogP contribution in [0.5, 0.6) is 0 Å². The molecule has 3 heteroatoms. The predicted molar refractivity (Wildman–Crippen MR) is 66.4 cm³/mol. The van der Waals surface area contributed by atoms with Crippen molar-refractivity contribution in [2.45, 2.75) is 57.5 Å². The summed E-state index contributed by atoms with van der Waals surface area (Å²) in [5.41, 5.74) is 0. The van der Waals surface area contributed by atoms with Crippen molar-refractivity contribution < 1.29 is 0 Å². The minimum absolute atomic E-state index is 0.608. The molecule has 3 nitrogen and oxygen atoms in total. The van der Waals surface area contributed by atoms with Crippen LogP contribution >= 0.6 is 0 Å². The maximum absolute atomic E-state index is 4.18. The molecule has 0 aliphatic heterocycles. The van der Waals surface area contributed by atoms with E-state index in [0.29, 0.717) is 12.1 Å². The Labute approximate surface area is 98.3 Å². The lowest BCUT2D eigenvalue weighted by Crippen LogP contribution is -2.37. The van der Waals surface area contributed by atoms with Crippen molar-refractivity contribution in [3.05, 3.63) is 18.7 Å². The molecule has 1 aromatic rings. The van der Waals surface area contributed by atoms with Crippen molar-refractivity contribution in [1.29, 1.82) is 0 Å². The van der Waals surface area contributed by atoms with Crippen molar-refractivity contribution >= 4 is 0 Å². The molecule has 0 spiro atoms. The van der Waals surface area contributed by atoms with E-state index >= 15 is 0 Å². The van der Waals surface area contributed by atoms with Crippen LogP contribution in [0.25, 0.3) is 0 Å². The fourth-order valence-electron chi connectivity index (χ4n) is 2.68. The summed E-state index contributed by atoms with van der Waals surface area (Å²) in [5.74, 6) is 0. The van der Waals surface area contributed by atoms with E-state index in [1.807, 2.05) is 12.5 Å². The van der Waals surface area contributed by atoms with Gasteiger partial charge in [0.1, 0.15) is 0 Å². The van der Waals surface area contributed by atoms with Crippen LogP contribution in [0.3, 0.4) is 0 Å². The van der Waals surface area contributed by atoms with Gasteiger partial charge in [-0.25, -0.2) is 4.98 Å². The molecular formula is C13H23N3. The second kappa shape index (κ2) is 6.04. The van der Waals surface area contributed by atoms with E-state index in [1.54, 1.807) is 0 Å². The Hall–Kier alpha value is -0.830. The molecule has 2 rings (SSSR count). The van der Waals surface area contributed by atoms with Gasteiger partial charge in [-0.15, -0.1) is 0 Å². The van der Waals surface area contributed by atoms with Crippen LogP contribution in [0, 0.1) is 0 Å². The first-order chi connectivity index (χ1) is 7.92. The summed E-state index contributed by atoms with van der Waals surface area (Å²) >= 11 is 0. The molecule has 0 amide bonds. The Morgan fingerprint density at radius 3 is 2.94 bits per heavy atom. The topological polar surface area (TPSA) is 29.9 Å². The second-order valence-electron chi connectivity index (χ2n) is 4.78. The molecule has 1 aliphatic rings.